The molecule has 3 nitrogen and oxygen atoms in total. The first-order valence-corrected chi connectivity index (χ1v) is 6.47. The molecule has 19 heavy (non-hydrogen) atoms. The van der Waals surface area contributed by atoms with E-state index < -0.39 is 11.7 Å². The van der Waals surface area contributed by atoms with Gasteiger partial charge in [-0.2, -0.15) is 13.2 Å². The van der Waals surface area contributed by atoms with Crippen LogP contribution in [0.5, 0.6) is 0 Å². The Labute approximate surface area is 120 Å². The highest BCUT2D eigenvalue weighted by atomic mass is 35.5. The maximum Gasteiger partial charge on any atom is 0.417 e. The van der Waals surface area contributed by atoms with E-state index in [2.05, 4.69) is 10.2 Å². The van der Waals surface area contributed by atoms with Crippen molar-refractivity contribution in [3.05, 3.63) is 38.3 Å². The summed E-state index contributed by atoms with van der Waals surface area (Å²) in [6.07, 6.45) is -4.46. The van der Waals surface area contributed by atoms with Gasteiger partial charge in [0, 0.05) is 11.4 Å². The van der Waals surface area contributed by atoms with Crippen LogP contribution in [0.1, 0.15) is 16.1 Å². The Morgan fingerprint density at radius 2 is 1.89 bits per heavy atom. The third-order valence-electron chi connectivity index (χ3n) is 2.24. The first-order valence-electron chi connectivity index (χ1n) is 4.90. The van der Waals surface area contributed by atoms with E-state index in [0.717, 1.165) is 17.4 Å². The minimum absolute atomic E-state index is 0.0378. The molecule has 102 valence electrons. The highest BCUT2D eigenvalue weighted by Crippen LogP contribution is 2.39. The number of rotatable bonds is 2. The maximum absolute atomic E-state index is 12.8. The van der Waals surface area contributed by atoms with Crippen LogP contribution in [-0.2, 0) is 12.6 Å². The molecule has 0 spiro atoms. The SMILES string of the molecule is Nc1nnc(Cc2cc(Cl)cc(C(F)(F)F)c2Cl)s1. The third kappa shape index (κ3) is 3.29. The molecule has 0 bridgehead atoms. The summed E-state index contributed by atoms with van der Waals surface area (Å²) in [5, 5.41) is 7.60. The van der Waals surface area contributed by atoms with Crippen LogP contribution in [0.15, 0.2) is 12.1 Å². The summed E-state index contributed by atoms with van der Waals surface area (Å²) < 4.78 is 38.3. The van der Waals surface area contributed by atoms with Gasteiger partial charge in [-0.25, -0.2) is 0 Å². The molecule has 0 aliphatic rings. The van der Waals surface area contributed by atoms with E-state index in [4.69, 9.17) is 28.9 Å². The molecule has 0 saturated heterocycles. The van der Waals surface area contributed by atoms with Gasteiger partial charge in [-0.1, -0.05) is 34.5 Å². The van der Waals surface area contributed by atoms with Gasteiger partial charge in [-0.05, 0) is 17.7 Å². The van der Waals surface area contributed by atoms with Gasteiger partial charge in [-0.15, -0.1) is 10.2 Å². The number of aromatic nitrogens is 2. The fraction of sp³-hybridized carbons (Fsp3) is 0.200. The molecule has 0 radical (unpaired) electrons. The van der Waals surface area contributed by atoms with Gasteiger partial charge in [0.1, 0.15) is 5.01 Å². The average Bonchev–Trinajstić information content (AvgIpc) is 2.67. The summed E-state index contributed by atoms with van der Waals surface area (Å²) >= 11 is 12.5. The molecule has 1 aromatic carbocycles. The van der Waals surface area contributed by atoms with Gasteiger partial charge >= 0.3 is 6.18 Å². The second-order valence-corrected chi connectivity index (χ2v) is 5.54. The minimum atomic E-state index is -4.56. The van der Waals surface area contributed by atoms with E-state index in [9.17, 15) is 13.2 Å². The van der Waals surface area contributed by atoms with Crippen LogP contribution in [0.3, 0.4) is 0 Å². The Balaban J connectivity index is 2.43. The molecule has 2 N–H and O–H groups in total. The number of anilines is 1. The molecule has 0 saturated carbocycles. The zero-order chi connectivity index (χ0) is 14.2. The molecule has 2 rings (SSSR count). The quantitative estimate of drug-likeness (QED) is 0.905. The number of benzene rings is 1. The summed E-state index contributed by atoms with van der Waals surface area (Å²) in [5.74, 6) is 0. The first kappa shape index (κ1) is 14.4. The highest BCUT2D eigenvalue weighted by Gasteiger charge is 2.34. The van der Waals surface area contributed by atoms with Gasteiger partial charge in [0.25, 0.3) is 0 Å². The van der Waals surface area contributed by atoms with Crippen molar-refractivity contribution in [1.82, 2.24) is 10.2 Å². The summed E-state index contributed by atoms with van der Waals surface area (Å²) in [6.45, 7) is 0. The molecule has 0 aliphatic heterocycles. The molecule has 0 amide bonds. The van der Waals surface area contributed by atoms with E-state index >= 15 is 0 Å². The van der Waals surface area contributed by atoms with Crippen molar-refractivity contribution in [2.45, 2.75) is 12.6 Å². The van der Waals surface area contributed by atoms with Crippen LogP contribution in [0, 0.1) is 0 Å². The lowest BCUT2D eigenvalue weighted by atomic mass is 10.1. The van der Waals surface area contributed by atoms with Crippen molar-refractivity contribution in [1.29, 1.82) is 0 Å². The molecule has 0 atom stereocenters. The van der Waals surface area contributed by atoms with Crippen molar-refractivity contribution in [2.24, 2.45) is 0 Å². The van der Waals surface area contributed by atoms with Crippen LogP contribution in [-0.4, -0.2) is 10.2 Å². The second-order valence-electron chi connectivity index (χ2n) is 3.64. The highest BCUT2D eigenvalue weighted by molar-refractivity contribution is 7.15. The molecular weight excluding hydrogens is 322 g/mol. The fourth-order valence-electron chi connectivity index (χ4n) is 1.48. The summed E-state index contributed by atoms with van der Waals surface area (Å²) in [4.78, 5) is 0. The molecule has 0 fully saturated rings. The minimum Gasteiger partial charge on any atom is -0.374 e. The number of nitrogens with zero attached hydrogens (tertiary/aromatic N) is 2. The van der Waals surface area contributed by atoms with Gasteiger partial charge in [0.15, 0.2) is 0 Å². The fourth-order valence-corrected chi connectivity index (χ4v) is 2.64. The number of hydrogen-bond donors (Lipinski definition) is 1. The lowest BCUT2D eigenvalue weighted by molar-refractivity contribution is -0.137. The number of alkyl halides is 3. The average molecular weight is 328 g/mol. The summed E-state index contributed by atoms with van der Waals surface area (Å²) in [6, 6.07) is 2.17. The summed E-state index contributed by atoms with van der Waals surface area (Å²) in [5.41, 5.74) is 4.68. The first-order chi connectivity index (χ1) is 8.77. The van der Waals surface area contributed by atoms with Crippen LogP contribution in [0.4, 0.5) is 18.3 Å². The Kier molecular flexibility index (Phi) is 3.89. The lowest BCUT2D eigenvalue weighted by Gasteiger charge is -2.12. The van der Waals surface area contributed by atoms with Gasteiger partial charge in [-0.3, -0.25) is 0 Å². The topological polar surface area (TPSA) is 51.8 Å². The third-order valence-corrected chi connectivity index (χ3v) is 3.66. The van der Waals surface area contributed by atoms with Gasteiger partial charge in [0.2, 0.25) is 5.13 Å². The van der Waals surface area contributed by atoms with Gasteiger partial charge in [0.05, 0.1) is 10.6 Å². The molecule has 0 unspecified atom stereocenters. The number of hydrogen-bond acceptors (Lipinski definition) is 4. The van der Waals surface area contributed by atoms with Crippen LogP contribution in [0.25, 0.3) is 0 Å². The predicted molar refractivity (Wildman–Crippen MR) is 68.6 cm³/mol. The Bertz CT molecular complexity index is 613. The van der Waals surface area contributed by atoms with E-state index in [1.165, 1.54) is 6.07 Å². The summed E-state index contributed by atoms with van der Waals surface area (Å²) in [7, 11) is 0. The normalized spacial score (nSPS) is 11.8. The second kappa shape index (κ2) is 5.15. The lowest BCUT2D eigenvalue weighted by Crippen LogP contribution is -2.07. The maximum atomic E-state index is 12.8. The number of nitrogens with two attached hydrogens (primary N) is 1. The van der Waals surface area contributed by atoms with Crippen molar-refractivity contribution < 1.29 is 13.2 Å². The smallest absolute Gasteiger partial charge is 0.374 e. The van der Waals surface area contributed by atoms with Crippen LogP contribution in [0.2, 0.25) is 10.0 Å². The largest absolute Gasteiger partial charge is 0.417 e. The van der Waals surface area contributed by atoms with E-state index in [1.807, 2.05) is 0 Å². The van der Waals surface area contributed by atoms with Crippen molar-refractivity contribution >= 4 is 39.7 Å². The molecular formula is C10H6Cl2F3N3S. The molecule has 2 aromatic rings. The monoisotopic (exact) mass is 327 g/mol. The Morgan fingerprint density at radius 1 is 1.21 bits per heavy atom. The van der Waals surface area contributed by atoms with Crippen molar-refractivity contribution in [3.8, 4) is 0 Å². The number of nitrogen functional groups attached to an aromatic ring is 1. The molecule has 1 aromatic heterocycles. The van der Waals surface area contributed by atoms with Crippen LogP contribution >= 0.6 is 34.5 Å². The van der Waals surface area contributed by atoms with Gasteiger partial charge < -0.3 is 5.73 Å². The molecule has 9 heteroatoms. The number of halogens is 5. The molecule has 0 aliphatic carbocycles. The van der Waals surface area contributed by atoms with E-state index in [0.29, 0.717) is 5.01 Å². The van der Waals surface area contributed by atoms with Crippen LogP contribution < -0.4 is 5.73 Å². The Hall–Kier alpha value is -1.05. The predicted octanol–water partition coefficient (Wildman–Crippen LogP) is 4.04. The van der Waals surface area contributed by atoms with Crippen molar-refractivity contribution in [3.63, 3.8) is 0 Å². The Morgan fingerprint density at radius 3 is 2.42 bits per heavy atom. The standard InChI is InChI=1S/C10H6Cl2F3N3S/c11-5-1-4(2-7-17-18-9(16)19-7)8(12)6(3-5)10(13,14)15/h1,3H,2H2,(H2,16,18). The zero-order valence-electron chi connectivity index (χ0n) is 9.13. The van der Waals surface area contributed by atoms with E-state index in [1.54, 1.807) is 0 Å². The molecule has 1 heterocycles. The zero-order valence-corrected chi connectivity index (χ0v) is 11.5. The van der Waals surface area contributed by atoms with Crippen molar-refractivity contribution in [2.75, 3.05) is 5.73 Å². The van der Waals surface area contributed by atoms with E-state index in [-0.39, 0.29) is 27.2 Å².